The van der Waals surface area contributed by atoms with Crippen molar-refractivity contribution >= 4 is 38.9 Å². The van der Waals surface area contributed by atoms with Gasteiger partial charge in [-0.05, 0) is 30.3 Å². The molecule has 0 saturated carbocycles. The molecule has 0 aliphatic heterocycles. The molecule has 0 bridgehead atoms. The lowest BCUT2D eigenvalue weighted by Gasteiger charge is -2.09. The van der Waals surface area contributed by atoms with Crippen molar-refractivity contribution in [2.75, 3.05) is 5.32 Å². The molecule has 1 N–H and O–H groups in total. The first kappa shape index (κ1) is 15.3. The second-order valence-electron chi connectivity index (χ2n) is 4.19. The molecular formula is C14H9BrClN3O2. The molecule has 0 aliphatic rings. The molecule has 21 heavy (non-hydrogen) atoms. The van der Waals surface area contributed by atoms with E-state index in [1.807, 2.05) is 6.07 Å². The molecule has 5 nitrogen and oxygen atoms in total. The van der Waals surface area contributed by atoms with Crippen molar-refractivity contribution in [1.29, 1.82) is 5.26 Å². The first-order chi connectivity index (χ1) is 10.0. The second-order valence-corrected chi connectivity index (χ2v) is 5.51. The summed E-state index contributed by atoms with van der Waals surface area (Å²) < 4.78 is 0.752. The van der Waals surface area contributed by atoms with Crippen LogP contribution < -0.4 is 5.32 Å². The Kier molecular flexibility index (Phi) is 4.78. The molecule has 0 atom stereocenters. The van der Waals surface area contributed by atoms with Crippen molar-refractivity contribution in [1.82, 2.24) is 0 Å². The van der Waals surface area contributed by atoms with E-state index in [-0.39, 0.29) is 12.2 Å². The average molecular weight is 367 g/mol. The zero-order valence-electron chi connectivity index (χ0n) is 10.6. The number of nitro groups is 1. The van der Waals surface area contributed by atoms with E-state index >= 15 is 0 Å². The summed E-state index contributed by atoms with van der Waals surface area (Å²) >= 11 is 9.33. The number of halogens is 2. The fourth-order valence-corrected chi connectivity index (χ4v) is 2.39. The molecule has 0 aliphatic carbocycles. The smallest absolute Gasteiger partial charge is 0.274 e. The molecule has 0 unspecified atom stereocenters. The van der Waals surface area contributed by atoms with Crippen molar-refractivity contribution in [2.24, 2.45) is 0 Å². The highest BCUT2D eigenvalue weighted by Crippen LogP contribution is 2.27. The maximum Gasteiger partial charge on any atom is 0.274 e. The van der Waals surface area contributed by atoms with Crippen LogP contribution in [0.2, 0.25) is 5.02 Å². The van der Waals surface area contributed by atoms with Crippen molar-refractivity contribution in [3.8, 4) is 6.07 Å². The first-order valence-electron chi connectivity index (χ1n) is 5.87. The monoisotopic (exact) mass is 365 g/mol. The van der Waals surface area contributed by atoms with E-state index in [9.17, 15) is 10.1 Å². The summed E-state index contributed by atoms with van der Waals surface area (Å²) in [6.07, 6.45) is 0. The Labute approximate surface area is 134 Å². The second kappa shape index (κ2) is 6.57. The summed E-state index contributed by atoms with van der Waals surface area (Å²) in [5.41, 5.74) is 1.57. The largest absolute Gasteiger partial charge is 0.379 e. The van der Waals surface area contributed by atoms with Gasteiger partial charge in [-0.3, -0.25) is 10.1 Å². The summed E-state index contributed by atoms with van der Waals surface area (Å²) in [6.45, 7) is 0.227. The van der Waals surface area contributed by atoms with Gasteiger partial charge < -0.3 is 5.32 Å². The number of nitriles is 1. The maximum absolute atomic E-state index is 11.0. The van der Waals surface area contributed by atoms with E-state index in [4.69, 9.17) is 16.9 Å². The predicted octanol–water partition coefficient (Wildman–Crippen LogP) is 4.49. The molecule has 2 aromatic carbocycles. The highest BCUT2D eigenvalue weighted by Gasteiger charge is 2.14. The Hall–Kier alpha value is -2.10. The van der Waals surface area contributed by atoms with E-state index in [1.54, 1.807) is 30.3 Å². The molecule has 0 amide bonds. The standard InChI is InChI=1S/C14H9BrClN3O2/c15-11-2-4-14(19(20)21)10(6-11)8-18-13-5-9(7-17)1-3-12(13)16/h1-6,18H,8H2. The van der Waals surface area contributed by atoms with Crippen molar-refractivity contribution < 1.29 is 4.92 Å². The third-order valence-corrected chi connectivity index (χ3v) is 3.63. The fraction of sp³-hybridized carbons (Fsp3) is 0.0714. The van der Waals surface area contributed by atoms with Crippen molar-refractivity contribution in [3.05, 3.63) is 67.1 Å². The molecular weight excluding hydrogens is 358 g/mol. The minimum atomic E-state index is -0.434. The number of rotatable bonds is 4. The third-order valence-electron chi connectivity index (χ3n) is 2.80. The van der Waals surface area contributed by atoms with Gasteiger partial charge in [0, 0.05) is 22.6 Å². The lowest BCUT2D eigenvalue weighted by Crippen LogP contribution is -2.04. The van der Waals surface area contributed by atoms with E-state index in [2.05, 4.69) is 21.2 Å². The highest BCUT2D eigenvalue weighted by molar-refractivity contribution is 9.10. The van der Waals surface area contributed by atoms with Gasteiger partial charge >= 0.3 is 0 Å². The van der Waals surface area contributed by atoms with Gasteiger partial charge in [0.2, 0.25) is 0 Å². The number of anilines is 1. The van der Waals surface area contributed by atoms with Crippen LogP contribution in [-0.2, 0) is 6.54 Å². The maximum atomic E-state index is 11.0. The van der Waals surface area contributed by atoms with Gasteiger partial charge in [0.05, 0.1) is 27.3 Å². The number of hydrogen-bond acceptors (Lipinski definition) is 4. The molecule has 7 heteroatoms. The average Bonchev–Trinajstić information content (AvgIpc) is 2.46. The molecule has 0 radical (unpaired) electrons. The van der Waals surface area contributed by atoms with Crippen LogP contribution in [0.15, 0.2) is 40.9 Å². The summed E-state index contributed by atoms with van der Waals surface area (Å²) in [5.74, 6) is 0. The molecule has 106 valence electrons. The zero-order valence-corrected chi connectivity index (χ0v) is 13.0. The van der Waals surface area contributed by atoms with Crippen LogP contribution in [-0.4, -0.2) is 4.92 Å². The van der Waals surface area contributed by atoms with Gasteiger partial charge in [-0.2, -0.15) is 5.26 Å². The summed E-state index contributed by atoms with van der Waals surface area (Å²) in [6, 6.07) is 11.6. The van der Waals surface area contributed by atoms with Gasteiger partial charge in [0.15, 0.2) is 0 Å². The van der Waals surface area contributed by atoms with E-state index in [0.717, 1.165) is 4.47 Å². The fourth-order valence-electron chi connectivity index (χ4n) is 1.79. The number of nitrogens with zero attached hydrogens (tertiary/aromatic N) is 2. The molecule has 0 heterocycles. The van der Waals surface area contributed by atoms with E-state index in [1.165, 1.54) is 6.07 Å². The van der Waals surface area contributed by atoms with Crippen molar-refractivity contribution in [3.63, 3.8) is 0 Å². The number of benzene rings is 2. The highest BCUT2D eigenvalue weighted by atomic mass is 79.9. The van der Waals surface area contributed by atoms with Gasteiger partial charge in [-0.25, -0.2) is 0 Å². The van der Waals surface area contributed by atoms with E-state index in [0.29, 0.717) is 21.8 Å². The summed E-state index contributed by atoms with van der Waals surface area (Å²) in [4.78, 5) is 10.6. The van der Waals surface area contributed by atoms with Crippen LogP contribution in [0.3, 0.4) is 0 Å². The quantitative estimate of drug-likeness (QED) is 0.638. The first-order valence-corrected chi connectivity index (χ1v) is 7.04. The third kappa shape index (κ3) is 3.72. The van der Waals surface area contributed by atoms with Crippen LogP contribution in [0.4, 0.5) is 11.4 Å². The van der Waals surface area contributed by atoms with Crippen LogP contribution in [0.1, 0.15) is 11.1 Å². The minimum absolute atomic E-state index is 0.0262. The molecule has 0 aromatic heterocycles. The SMILES string of the molecule is N#Cc1ccc(Cl)c(NCc2cc(Br)ccc2[N+](=O)[O-])c1. The van der Waals surface area contributed by atoms with Crippen molar-refractivity contribution in [2.45, 2.75) is 6.54 Å². The van der Waals surface area contributed by atoms with Gasteiger partial charge in [0.1, 0.15) is 0 Å². The lowest BCUT2D eigenvalue weighted by atomic mass is 10.1. The van der Waals surface area contributed by atoms with Crippen LogP contribution in [0, 0.1) is 21.4 Å². The normalized spacial score (nSPS) is 9.95. The van der Waals surface area contributed by atoms with E-state index < -0.39 is 4.92 Å². The zero-order chi connectivity index (χ0) is 15.4. The topological polar surface area (TPSA) is 79.0 Å². The number of nitro benzene ring substituents is 1. The predicted molar refractivity (Wildman–Crippen MR) is 84.3 cm³/mol. The molecule has 0 fully saturated rings. The lowest BCUT2D eigenvalue weighted by molar-refractivity contribution is -0.385. The number of hydrogen-bond donors (Lipinski definition) is 1. The Morgan fingerprint density at radius 1 is 1.33 bits per heavy atom. The van der Waals surface area contributed by atoms with Gasteiger partial charge in [-0.1, -0.05) is 27.5 Å². The number of nitrogens with one attached hydrogen (secondary N) is 1. The van der Waals surface area contributed by atoms with Crippen LogP contribution >= 0.6 is 27.5 Å². The van der Waals surface area contributed by atoms with Gasteiger partial charge in [0.25, 0.3) is 5.69 Å². The Balaban J connectivity index is 2.26. The molecule has 0 spiro atoms. The van der Waals surface area contributed by atoms with Gasteiger partial charge in [-0.15, -0.1) is 0 Å². The Morgan fingerprint density at radius 2 is 2.10 bits per heavy atom. The van der Waals surface area contributed by atoms with Crippen LogP contribution in [0.5, 0.6) is 0 Å². The Bertz CT molecular complexity index is 743. The minimum Gasteiger partial charge on any atom is -0.379 e. The molecule has 2 aromatic rings. The summed E-state index contributed by atoms with van der Waals surface area (Å²) in [5, 5.41) is 23.3. The molecule has 2 rings (SSSR count). The Morgan fingerprint density at radius 3 is 2.76 bits per heavy atom. The summed E-state index contributed by atoms with van der Waals surface area (Å²) in [7, 11) is 0. The van der Waals surface area contributed by atoms with Crippen LogP contribution in [0.25, 0.3) is 0 Å². The molecule has 0 saturated heterocycles.